The van der Waals surface area contributed by atoms with Crippen molar-refractivity contribution in [3.8, 4) is 0 Å². The number of carboxylic acid groups (broad SMARTS) is 1. The lowest BCUT2D eigenvalue weighted by molar-refractivity contribution is -0.142. The molecule has 1 amide bonds. The molecule has 0 fully saturated rings. The summed E-state index contributed by atoms with van der Waals surface area (Å²) in [6, 6.07) is -0.884. The lowest BCUT2D eigenvalue weighted by atomic mass is 10.1. The molecule has 0 aliphatic rings. The molecular weight excluding hydrogens is 392 g/mol. The number of nitrogens with one attached hydrogen (secondary N) is 1. The Hall–Kier alpha value is -2.05. The van der Waals surface area contributed by atoms with Crippen LogP contribution < -0.4 is 16.8 Å². The Labute approximate surface area is 189 Å². The number of amides is 1. The highest BCUT2D eigenvalue weighted by molar-refractivity contribution is 5.83. The second-order valence-corrected chi connectivity index (χ2v) is 8.24. The number of aliphatic carboxylic acids is 1. The third kappa shape index (κ3) is 21.0. The minimum atomic E-state index is -1.03. The first-order chi connectivity index (χ1) is 15.0. The van der Waals surface area contributed by atoms with E-state index >= 15 is 0 Å². The third-order valence-electron chi connectivity index (χ3n) is 5.24. The summed E-state index contributed by atoms with van der Waals surface area (Å²) in [5.41, 5.74) is 10.5. The van der Waals surface area contributed by atoms with Crippen molar-refractivity contribution in [1.29, 1.82) is 0 Å². The Kier molecular flexibility index (Phi) is 19.8. The van der Waals surface area contributed by atoms with Crippen LogP contribution in [0.25, 0.3) is 0 Å². The Morgan fingerprint density at radius 1 is 0.871 bits per heavy atom. The topological polar surface area (TPSA) is 131 Å². The van der Waals surface area contributed by atoms with Crippen molar-refractivity contribution in [1.82, 2.24) is 5.32 Å². The molecule has 7 heteroatoms. The molecule has 1 atom stereocenters. The fourth-order valence-electron chi connectivity index (χ4n) is 3.38. The Morgan fingerprint density at radius 2 is 1.42 bits per heavy atom. The lowest BCUT2D eigenvalue weighted by Crippen LogP contribution is -2.40. The van der Waals surface area contributed by atoms with E-state index < -0.39 is 12.0 Å². The zero-order valence-corrected chi connectivity index (χ0v) is 19.6. The smallest absolute Gasteiger partial charge is 0.326 e. The molecule has 0 aromatic rings. The van der Waals surface area contributed by atoms with Gasteiger partial charge in [0.25, 0.3) is 0 Å². The molecule has 31 heavy (non-hydrogen) atoms. The first-order valence-corrected chi connectivity index (χ1v) is 12.2. The number of carbonyl (C=O) groups is 2. The Balaban J connectivity index is 3.61. The number of nitrogens with zero attached hydrogens (tertiary/aromatic N) is 1. The van der Waals surface area contributed by atoms with Crippen LogP contribution in [0.2, 0.25) is 0 Å². The predicted octanol–water partition coefficient (Wildman–Crippen LogP) is 4.65. The minimum absolute atomic E-state index is 0.0138. The van der Waals surface area contributed by atoms with Gasteiger partial charge in [0.2, 0.25) is 5.91 Å². The van der Waals surface area contributed by atoms with Crippen molar-refractivity contribution in [2.75, 3.05) is 6.54 Å². The van der Waals surface area contributed by atoms with E-state index in [9.17, 15) is 14.7 Å². The molecule has 6 N–H and O–H groups in total. The molecule has 7 nitrogen and oxygen atoms in total. The summed E-state index contributed by atoms with van der Waals surface area (Å²) in [4.78, 5) is 27.1. The van der Waals surface area contributed by atoms with Crippen molar-refractivity contribution in [3.63, 3.8) is 0 Å². The van der Waals surface area contributed by atoms with Gasteiger partial charge in [0.15, 0.2) is 5.96 Å². The van der Waals surface area contributed by atoms with Gasteiger partial charge in [-0.3, -0.25) is 9.79 Å². The fraction of sp³-hybridized carbons (Fsp3) is 0.792. The van der Waals surface area contributed by atoms with E-state index in [2.05, 4.69) is 29.4 Å². The van der Waals surface area contributed by atoms with Crippen LogP contribution in [-0.2, 0) is 9.59 Å². The SMILES string of the molecule is CCCCCCCCC=CCCCCCCCC(=O)N[C@@H](CCCN=C(N)N)C(=O)O. The van der Waals surface area contributed by atoms with E-state index in [1.54, 1.807) is 0 Å². The van der Waals surface area contributed by atoms with Crippen LogP contribution in [0, 0.1) is 0 Å². The summed E-state index contributed by atoms with van der Waals surface area (Å²) in [5, 5.41) is 11.8. The van der Waals surface area contributed by atoms with E-state index in [0.29, 0.717) is 25.8 Å². The van der Waals surface area contributed by atoms with Gasteiger partial charge >= 0.3 is 5.97 Å². The minimum Gasteiger partial charge on any atom is -0.480 e. The number of hydrogen-bond acceptors (Lipinski definition) is 3. The van der Waals surface area contributed by atoms with E-state index in [1.807, 2.05) is 0 Å². The number of unbranched alkanes of at least 4 members (excludes halogenated alkanes) is 11. The van der Waals surface area contributed by atoms with Gasteiger partial charge in [0.1, 0.15) is 6.04 Å². The molecule has 0 rings (SSSR count). The molecule has 0 bridgehead atoms. The molecule has 0 aliphatic carbocycles. The van der Waals surface area contributed by atoms with Crippen molar-refractivity contribution in [2.45, 2.75) is 116 Å². The number of carboxylic acids is 1. The third-order valence-corrected chi connectivity index (χ3v) is 5.24. The monoisotopic (exact) mass is 438 g/mol. The largest absolute Gasteiger partial charge is 0.480 e. The van der Waals surface area contributed by atoms with Gasteiger partial charge in [0.05, 0.1) is 0 Å². The molecule has 0 aromatic heterocycles. The van der Waals surface area contributed by atoms with Crippen molar-refractivity contribution < 1.29 is 14.7 Å². The van der Waals surface area contributed by atoms with Gasteiger partial charge in [-0.05, 0) is 44.9 Å². The first kappa shape index (κ1) is 28.9. The van der Waals surface area contributed by atoms with Crippen LogP contribution >= 0.6 is 0 Å². The highest BCUT2D eigenvalue weighted by Gasteiger charge is 2.18. The number of allylic oxidation sites excluding steroid dienone is 2. The summed E-state index contributed by atoms with van der Waals surface area (Å²) in [6.45, 7) is 2.61. The van der Waals surface area contributed by atoms with E-state index in [0.717, 1.165) is 25.7 Å². The highest BCUT2D eigenvalue weighted by Crippen LogP contribution is 2.10. The summed E-state index contributed by atoms with van der Waals surface area (Å²) in [6.07, 6.45) is 21.5. The van der Waals surface area contributed by atoms with E-state index in [1.165, 1.54) is 57.8 Å². The van der Waals surface area contributed by atoms with Gasteiger partial charge in [-0.2, -0.15) is 0 Å². The maximum absolute atomic E-state index is 12.0. The van der Waals surface area contributed by atoms with Gasteiger partial charge in [-0.1, -0.05) is 70.4 Å². The van der Waals surface area contributed by atoms with Crippen molar-refractivity contribution >= 4 is 17.8 Å². The molecule has 0 aromatic carbocycles. The zero-order valence-electron chi connectivity index (χ0n) is 19.6. The van der Waals surface area contributed by atoms with Crippen LogP contribution in [0.3, 0.4) is 0 Å². The number of nitrogens with two attached hydrogens (primary N) is 2. The van der Waals surface area contributed by atoms with Crippen LogP contribution in [0.15, 0.2) is 17.1 Å². The second kappa shape index (κ2) is 21.2. The summed E-state index contributed by atoms with van der Waals surface area (Å²) in [7, 11) is 0. The molecule has 0 radical (unpaired) electrons. The summed E-state index contributed by atoms with van der Waals surface area (Å²) in [5.74, 6) is -1.24. The normalized spacial score (nSPS) is 12.0. The maximum Gasteiger partial charge on any atom is 0.326 e. The molecular formula is C24H46N4O3. The number of carbonyl (C=O) groups excluding carboxylic acids is 1. The van der Waals surface area contributed by atoms with E-state index in [-0.39, 0.29) is 11.9 Å². The maximum atomic E-state index is 12.0. The number of guanidine groups is 1. The van der Waals surface area contributed by atoms with Crippen LogP contribution in [0.1, 0.15) is 110 Å². The molecule has 0 heterocycles. The quantitative estimate of drug-likeness (QED) is 0.0896. The Bertz CT molecular complexity index is 517. The van der Waals surface area contributed by atoms with Crippen LogP contribution in [-0.4, -0.2) is 35.5 Å². The molecule has 0 saturated heterocycles. The van der Waals surface area contributed by atoms with Gasteiger partial charge < -0.3 is 21.9 Å². The molecule has 0 spiro atoms. The van der Waals surface area contributed by atoms with E-state index in [4.69, 9.17) is 11.5 Å². The van der Waals surface area contributed by atoms with Crippen LogP contribution in [0.5, 0.6) is 0 Å². The predicted molar refractivity (Wildman–Crippen MR) is 129 cm³/mol. The van der Waals surface area contributed by atoms with Gasteiger partial charge in [0, 0.05) is 13.0 Å². The number of hydrogen-bond donors (Lipinski definition) is 4. The average Bonchev–Trinajstić information content (AvgIpc) is 2.72. The lowest BCUT2D eigenvalue weighted by Gasteiger charge is -2.14. The average molecular weight is 439 g/mol. The number of aliphatic imine (C=N–C) groups is 1. The standard InChI is InChI=1S/C24H46N4O3/c1-2-3-4-5-6-7-8-9-10-11-12-13-14-15-16-19-22(29)28-21(23(30)31)18-17-20-27-24(25)26/h9-10,21H,2-8,11-20H2,1H3,(H,28,29)(H,30,31)(H4,25,26,27)/t21-/m0/s1. The summed E-state index contributed by atoms with van der Waals surface area (Å²) >= 11 is 0. The first-order valence-electron chi connectivity index (χ1n) is 12.2. The molecule has 0 saturated carbocycles. The van der Waals surface area contributed by atoms with Crippen molar-refractivity contribution in [2.24, 2.45) is 16.5 Å². The second-order valence-electron chi connectivity index (χ2n) is 8.24. The fourth-order valence-corrected chi connectivity index (χ4v) is 3.38. The molecule has 180 valence electrons. The van der Waals surface area contributed by atoms with Crippen LogP contribution in [0.4, 0.5) is 0 Å². The molecule has 0 aliphatic heterocycles. The van der Waals surface area contributed by atoms with Crippen molar-refractivity contribution in [3.05, 3.63) is 12.2 Å². The highest BCUT2D eigenvalue weighted by atomic mass is 16.4. The van der Waals surface area contributed by atoms with Gasteiger partial charge in [-0.25, -0.2) is 4.79 Å². The zero-order chi connectivity index (χ0) is 23.2. The summed E-state index contributed by atoms with van der Waals surface area (Å²) < 4.78 is 0. The number of rotatable bonds is 21. The van der Waals surface area contributed by atoms with Gasteiger partial charge in [-0.15, -0.1) is 0 Å². The Morgan fingerprint density at radius 3 is 1.97 bits per heavy atom. The molecule has 0 unspecified atom stereocenters.